The number of rotatable bonds is 3. The summed E-state index contributed by atoms with van der Waals surface area (Å²) in [7, 11) is 0. The van der Waals surface area contributed by atoms with E-state index in [1.54, 1.807) is 25.1 Å². The van der Waals surface area contributed by atoms with E-state index in [0.717, 1.165) is 20.5 Å². The average molecular weight is 459 g/mol. The van der Waals surface area contributed by atoms with Gasteiger partial charge in [-0.05, 0) is 50.1 Å². The van der Waals surface area contributed by atoms with Crippen LogP contribution < -0.4 is 5.56 Å². The van der Waals surface area contributed by atoms with Gasteiger partial charge in [-0.25, -0.2) is 0 Å². The van der Waals surface area contributed by atoms with Crippen molar-refractivity contribution < 1.29 is 4.79 Å². The van der Waals surface area contributed by atoms with Crippen LogP contribution in [-0.4, -0.2) is 15.7 Å². The number of aromatic nitrogens is 2. The van der Waals surface area contributed by atoms with Gasteiger partial charge in [0, 0.05) is 15.1 Å². The highest BCUT2D eigenvalue weighted by atomic mass is 35.5. The van der Waals surface area contributed by atoms with Crippen LogP contribution in [0.5, 0.6) is 0 Å². The number of benzene rings is 2. The number of hydrogen-bond acceptors (Lipinski definition) is 5. The molecule has 0 aliphatic rings. The second-order valence-corrected chi connectivity index (χ2v) is 8.72. The third kappa shape index (κ3) is 3.49. The molecule has 152 valence electrons. The number of aryl methyl sites for hydroxylation is 3. The van der Waals surface area contributed by atoms with E-state index in [9.17, 15) is 9.59 Å². The second-order valence-electron chi connectivity index (χ2n) is 6.86. The first-order chi connectivity index (χ1) is 14.3. The Morgan fingerprint density at radius 3 is 2.40 bits per heavy atom. The topological polar surface area (TPSA) is 79.6 Å². The third-order valence-corrected chi connectivity index (χ3v) is 6.62. The van der Waals surface area contributed by atoms with Crippen LogP contribution in [0.25, 0.3) is 10.1 Å². The van der Waals surface area contributed by atoms with E-state index in [4.69, 9.17) is 23.2 Å². The quantitative estimate of drug-likeness (QED) is 0.345. The lowest BCUT2D eigenvalue weighted by atomic mass is 10.1. The minimum Gasteiger partial charge on any atom is -0.290 e. The predicted octanol–water partition coefficient (Wildman–Crippen LogP) is 6.73. The van der Waals surface area contributed by atoms with E-state index in [2.05, 4.69) is 15.3 Å². The Balaban J connectivity index is 1.75. The van der Waals surface area contributed by atoms with Crippen molar-refractivity contribution >= 4 is 61.9 Å². The molecule has 0 atom stereocenters. The Bertz CT molecular complexity index is 1380. The molecular formula is C21H16Cl2N4O2S. The first-order valence-corrected chi connectivity index (χ1v) is 10.6. The molecule has 4 aromatic rings. The highest BCUT2D eigenvalue weighted by Gasteiger charge is 2.23. The molecule has 30 heavy (non-hydrogen) atoms. The van der Waals surface area contributed by atoms with Crippen LogP contribution >= 0.6 is 34.5 Å². The highest BCUT2D eigenvalue weighted by Crippen LogP contribution is 2.37. The smallest absolute Gasteiger partial charge is 0.290 e. The number of H-pyrrole nitrogens is 1. The summed E-state index contributed by atoms with van der Waals surface area (Å²) >= 11 is 13.6. The summed E-state index contributed by atoms with van der Waals surface area (Å²) in [6.45, 7) is 5.50. The van der Waals surface area contributed by atoms with Crippen molar-refractivity contribution in [1.82, 2.24) is 9.78 Å². The van der Waals surface area contributed by atoms with Gasteiger partial charge in [0.15, 0.2) is 5.69 Å². The van der Waals surface area contributed by atoms with Crippen molar-refractivity contribution in [2.24, 2.45) is 10.2 Å². The molecule has 0 aliphatic heterocycles. The summed E-state index contributed by atoms with van der Waals surface area (Å²) in [5.74, 6) is -0.557. The number of carbonyl (C=O) groups excluding carboxylic acids is 1. The van der Waals surface area contributed by atoms with Gasteiger partial charge in [-0.1, -0.05) is 41.4 Å². The fourth-order valence-corrected chi connectivity index (χ4v) is 4.73. The van der Waals surface area contributed by atoms with Crippen molar-refractivity contribution in [2.45, 2.75) is 20.8 Å². The summed E-state index contributed by atoms with van der Waals surface area (Å²) in [4.78, 5) is 26.2. The normalized spacial score (nSPS) is 11.6. The number of nitrogens with zero attached hydrogens (tertiary/aromatic N) is 3. The monoisotopic (exact) mass is 458 g/mol. The van der Waals surface area contributed by atoms with Gasteiger partial charge in [0.05, 0.1) is 16.4 Å². The van der Waals surface area contributed by atoms with Gasteiger partial charge in [0.2, 0.25) is 0 Å². The lowest BCUT2D eigenvalue weighted by Gasteiger charge is -2.01. The van der Waals surface area contributed by atoms with Crippen LogP contribution in [0, 0.1) is 20.8 Å². The van der Waals surface area contributed by atoms with Gasteiger partial charge < -0.3 is 0 Å². The minimum atomic E-state index is -0.584. The summed E-state index contributed by atoms with van der Waals surface area (Å²) in [6, 6.07) is 11.0. The lowest BCUT2D eigenvalue weighted by Crippen LogP contribution is -2.24. The van der Waals surface area contributed by atoms with Gasteiger partial charge in [-0.3, -0.25) is 14.7 Å². The minimum absolute atomic E-state index is 0.0753. The molecule has 2 aromatic heterocycles. The SMILES string of the molecule is Cc1cccc(C)c1N=Nc1c(C)[nH]n(C(=O)c2sc3ccc(Cl)cc3c2Cl)c1=O. The number of azo groups is 1. The van der Waals surface area contributed by atoms with Gasteiger partial charge in [-0.15, -0.1) is 21.6 Å². The van der Waals surface area contributed by atoms with Crippen LogP contribution in [0.15, 0.2) is 51.4 Å². The Kier molecular flexibility index (Phi) is 5.36. The molecular weight excluding hydrogens is 443 g/mol. The molecule has 0 radical (unpaired) electrons. The van der Waals surface area contributed by atoms with Gasteiger partial charge >= 0.3 is 5.56 Å². The molecule has 0 saturated heterocycles. The maximum Gasteiger partial charge on any atom is 0.302 e. The number of thiophene rings is 1. The summed E-state index contributed by atoms with van der Waals surface area (Å²) in [5.41, 5.74) is 2.51. The maximum atomic E-state index is 13.0. The van der Waals surface area contributed by atoms with Crippen molar-refractivity contribution in [3.05, 3.63) is 78.5 Å². The molecule has 0 fully saturated rings. The first kappa shape index (κ1) is 20.5. The van der Waals surface area contributed by atoms with E-state index in [1.807, 2.05) is 32.0 Å². The molecule has 0 bridgehead atoms. The standard InChI is InChI=1S/C21H16Cl2N4O2S/c1-10-5-4-6-11(2)17(10)24-25-18-12(3)26-27(20(18)28)21(29)19-16(23)14-9-13(22)7-8-15(14)30-19/h4-9,26H,1-3H3. The van der Waals surface area contributed by atoms with Crippen LogP contribution in [0.1, 0.15) is 26.5 Å². The van der Waals surface area contributed by atoms with Crippen LogP contribution in [0.2, 0.25) is 10.0 Å². The number of aromatic amines is 1. The van der Waals surface area contributed by atoms with Crippen molar-refractivity contribution in [1.29, 1.82) is 0 Å². The molecule has 2 heterocycles. The molecule has 0 spiro atoms. The number of nitrogens with one attached hydrogen (secondary N) is 1. The van der Waals surface area contributed by atoms with Crippen LogP contribution in [0.4, 0.5) is 11.4 Å². The zero-order valence-electron chi connectivity index (χ0n) is 16.3. The maximum absolute atomic E-state index is 13.0. The van der Waals surface area contributed by atoms with E-state index in [0.29, 0.717) is 21.8 Å². The largest absolute Gasteiger partial charge is 0.302 e. The van der Waals surface area contributed by atoms with E-state index >= 15 is 0 Å². The number of carbonyl (C=O) groups is 1. The number of halogens is 2. The van der Waals surface area contributed by atoms with Crippen molar-refractivity contribution in [3.8, 4) is 0 Å². The predicted molar refractivity (Wildman–Crippen MR) is 121 cm³/mol. The van der Waals surface area contributed by atoms with E-state index in [-0.39, 0.29) is 15.6 Å². The van der Waals surface area contributed by atoms with Gasteiger partial charge in [-0.2, -0.15) is 4.68 Å². The third-order valence-electron chi connectivity index (χ3n) is 4.72. The van der Waals surface area contributed by atoms with E-state index in [1.165, 1.54) is 11.3 Å². The highest BCUT2D eigenvalue weighted by molar-refractivity contribution is 7.21. The summed E-state index contributed by atoms with van der Waals surface area (Å²) < 4.78 is 1.71. The van der Waals surface area contributed by atoms with E-state index < -0.39 is 11.5 Å². The second kappa shape index (κ2) is 7.83. The summed E-state index contributed by atoms with van der Waals surface area (Å²) in [6.07, 6.45) is 0. The first-order valence-electron chi connectivity index (χ1n) is 8.99. The Labute approximate surface area is 185 Å². The Morgan fingerprint density at radius 2 is 1.70 bits per heavy atom. The molecule has 0 amide bonds. The molecule has 0 saturated carbocycles. The van der Waals surface area contributed by atoms with Gasteiger partial charge in [0.1, 0.15) is 4.88 Å². The van der Waals surface area contributed by atoms with Crippen molar-refractivity contribution in [3.63, 3.8) is 0 Å². The lowest BCUT2D eigenvalue weighted by molar-refractivity contribution is 0.0945. The fraction of sp³-hybridized carbons (Fsp3) is 0.143. The van der Waals surface area contributed by atoms with Crippen molar-refractivity contribution in [2.75, 3.05) is 0 Å². The van der Waals surface area contributed by atoms with Gasteiger partial charge in [0.25, 0.3) is 5.91 Å². The zero-order chi connectivity index (χ0) is 21.6. The average Bonchev–Trinajstić information content (AvgIpc) is 3.18. The zero-order valence-corrected chi connectivity index (χ0v) is 18.6. The molecule has 2 aromatic carbocycles. The van der Waals surface area contributed by atoms with Crippen LogP contribution in [-0.2, 0) is 0 Å². The molecule has 6 nitrogen and oxygen atoms in total. The molecule has 1 N–H and O–H groups in total. The fourth-order valence-electron chi connectivity index (χ4n) is 3.14. The summed E-state index contributed by atoms with van der Waals surface area (Å²) in [5, 5.41) is 12.6. The van der Waals surface area contributed by atoms with Crippen LogP contribution in [0.3, 0.4) is 0 Å². The molecule has 9 heteroatoms. The molecule has 4 rings (SSSR count). The molecule has 0 unspecified atom stereocenters. The number of hydrogen-bond donors (Lipinski definition) is 1. The number of fused-ring (bicyclic) bond motifs is 1. The Morgan fingerprint density at radius 1 is 1.03 bits per heavy atom. The Hall–Kier alpha value is -2.74. The molecule has 0 aliphatic carbocycles.